The van der Waals surface area contributed by atoms with Crippen LogP contribution in [0.2, 0.25) is 5.02 Å². The average Bonchev–Trinajstić information content (AvgIpc) is 2.45. The fourth-order valence-corrected chi connectivity index (χ4v) is 2.44. The number of hydrogen-bond acceptors (Lipinski definition) is 4. The summed E-state index contributed by atoms with van der Waals surface area (Å²) in [4.78, 5) is 11.7. The lowest BCUT2D eigenvalue weighted by molar-refractivity contribution is 0.0597. The first kappa shape index (κ1) is 12.8. The number of aromatic hydroxyl groups is 1. The second kappa shape index (κ2) is 4.72. The SMILES string of the molecule is COC(=O)c1cc2c(cc1O)COc1ccc(Cl)cc1-2. The van der Waals surface area contributed by atoms with Crippen LogP contribution in [0.1, 0.15) is 15.9 Å². The van der Waals surface area contributed by atoms with Crippen LogP contribution in [0.25, 0.3) is 11.1 Å². The molecular weight excluding hydrogens is 280 g/mol. The van der Waals surface area contributed by atoms with Crippen LogP contribution < -0.4 is 4.74 Å². The van der Waals surface area contributed by atoms with E-state index in [2.05, 4.69) is 4.74 Å². The molecule has 5 heteroatoms. The van der Waals surface area contributed by atoms with Crippen molar-refractivity contribution in [1.29, 1.82) is 0 Å². The van der Waals surface area contributed by atoms with Crippen molar-refractivity contribution >= 4 is 17.6 Å². The van der Waals surface area contributed by atoms with E-state index in [9.17, 15) is 9.90 Å². The van der Waals surface area contributed by atoms with Gasteiger partial charge in [-0.1, -0.05) is 11.6 Å². The Morgan fingerprint density at radius 1 is 1.30 bits per heavy atom. The Bertz CT molecular complexity index is 709. The van der Waals surface area contributed by atoms with Crippen LogP contribution in [-0.2, 0) is 11.3 Å². The van der Waals surface area contributed by atoms with Crippen LogP contribution in [0.4, 0.5) is 0 Å². The summed E-state index contributed by atoms with van der Waals surface area (Å²) in [6, 6.07) is 8.42. The van der Waals surface area contributed by atoms with Gasteiger partial charge in [-0.2, -0.15) is 0 Å². The summed E-state index contributed by atoms with van der Waals surface area (Å²) in [6.45, 7) is 0.332. The van der Waals surface area contributed by atoms with Crippen molar-refractivity contribution in [2.75, 3.05) is 7.11 Å². The standard InChI is InChI=1S/C15H11ClO4/c1-19-15(18)12-6-10-8(4-13(12)17)7-20-14-3-2-9(16)5-11(10)14/h2-6,17H,7H2,1H3. The maximum atomic E-state index is 11.7. The molecule has 2 aromatic carbocycles. The molecule has 0 bridgehead atoms. The molecule has 0 amide bonds. The van der Waals surface area contributed by atoms with Crippen molar-refractivity contribution in [1.82, 2.24) is 0 Å². The third kappa shape index (κ3) is 1.98. The number of ether oxygens (including phenoxy) is 2. The highest BCUT2D eigenvalue weighted by Gasteiger charge is 2.22. The molecular formula is C15H11ClO4. The average molecular weight is 291 g/mol. The Hall–Kier alpha value is -2.20. The zero-order valence-electron chi connectivity index (χ0n) is 10.6. The Balaban J connectivity index is 2.23. The van der Waals surface area contributed by atoms with Gasteiger partial charge >= 0.3 is 5.97 Å². The van der Waals surface area contributed by atoms with Crippen molar-refractivity contribution < 1.29 is 19.4 Å². The van der Waals surface area contributed by atoms with E-state index >= 15 is 0 Å². The van der Waals surface area contributed by atoms with Gasteiger partial charge in [0.05, 0.1) is 7.11 Å². The number of esters is 1. The Labute approximate surface area is 120 Å². The summed E-state index contributed by atoms with van der Waals surface area (Å²) in [6.07, 6.45) is 0. The third-order valence-electron chi connectivity index (χ3n) is 3.24. The molecule has 0 aliphatic carbocycles. The fraction of sp³-hybridized carbons (Fsp3) is 0.133. The number of halogens is 1. The van der Waals surface area contributed by atoms with Crippen molar-refractivity contribution in [2.45, 2.75) is 6.61 Å². The van der Waals surface area contributed by atoms with Crippen molar-refractivity contribution in [3.05, 3.63) is 46.5 Å². The molecule has 102 valence electrons. The van der Waals surface area contributed by atoms with Crippen LogP contribution in [0.15, 0.2) is 30.3 Å². The number of hydrogen-bond donors (Lipinski definition) is 1. The number of phenolic OH excluding ortho intramolecular Hbond substituents is 1. The second-order valence-corrected chi connectivity index (χ2v) is 4.88. The monoisotopic (exact) mass is 290 g/mol. The second-order valence-electron chi connectivity index (χ2n) is 4.45. The largest absolute Gasteiger partial charge is 0.507 e. The van der Waals surface area contributed by atoms with Gasteiger partial charge in [0.1, 0.15) is 23.7 Å². The van der Waals surface area contributed by atoms with Gasteiger partial charge in [-0.05, 0) is 35.9 Å². The zero-order valence-corrected chi connectivity index (χ0v) is 11.4. The highest BCUT2D eigenvalue weighted by molar-refractivity contribution is 6.31. The summed E-state index contributed by atoms with van der Waals surface area (Å²) in [5, 5.41) is 10.5. The highest BCUT2D eigenvalue weighted by atomic mass is 35.5. The van der Waals surface area contributed by atoms with E-state index in [0.717, 1.165) is 16.7 Å². The highest BCUT2D eigenvalue weighted by Crippen LogP contribution is 2.41. The predicted molar refractivity (Wildman–Crippen MR) is 74.2 cm³/mol. The molecule has 1 aliphatic rings. The summed E-state index contributed by atoms with van der Waals surface area (Å²) in [5.41, 5.74) is 2.53. The molecule has 0 fully saturated rings. The molecule has 1 aliphatic heterocycles. The van der Waals surface area contributed by atoms with Crippen LogP contribution in [0, 0.1) is 0 Å². The van der Waals surface area contributed by atoms with E-state index in [0.29, 0.717) is 17.4 Å². The first-order valence-electron chi connectivity index (χ1n) is 5.97. The normalized spacial score (nSPS) is 12.1. The molecule has 20 heavy (non-hydrogen) atoms. The van der Waals surface area contributed by atoms with E-state index in [-0.39, 0.29) is 11.3 Å². The van der Waals surface area contributed by atoms with Crippen LogP contribution in [-0.4, -0.2) is 18.2 Å². The number of carbonyl (C=O) groups is 1. The Morgan fingerprint density at radius 2 is 2.10 bits per heavy atom. The molecule has 1 N–H and O–H groups in total. The third-order valence-corrected chi connectivity index (χ3v) is 3.48. The molecule has 0 aromatic heterocycles. The minimum Gasteiger partial charge on any atom is -0.507 e. The first-order chi connectivity index (χ1) is 9.60. The quantitative estimate of drug-likeness (QED) is 0.818. The van der Waals surface area contributed by atoms with Crippen LogP contribution in [0.3, 0.4) is 0 Å². The van der Waals surface area contributed by atoms with Gasteiger partial charge in [0.25, 0.3) is 0 Å². The first-order valence-corrected chi connectivity index (χ1v) is 6.35. The van der Waals surface area contributed by atoms with Gasteiger partial charge in [-0.15, -0.1) is 0 Å². The molecule has 1 heterocycles. The minimum absolute atomic E-state index is 0.121. The Morgan fingerprint density at radius 3 is 2.85 bits per heavy atom. The molecule has 0 spiro atoms. The zero-order chi connectivity index (χ0) is 14.3. The number of rotatable bonds is 1. The maximum absolute atomic E-state index is 11.7. The number of benzene rings is 2. The van der Waals surface area contributed by atoms with E-state index in [1.165, 1.54) is 13.2 Å². The molecule has 0 radical (unpaired) electrons. The molecule has 0 unspecified atom stereocenters. The lowest BCUT2D eigenvalue weighted by atomic mass is 9.94. The number of phenols is 1. The molecule has 2 aromatic rings. The molecule has 0 atom stereocenters. The minimum atomic E-state index is -0.583. The number of carbonyl (C=O) groups excluding carboxylic acids is 1. The van der Waals surface area contributed by atoms with Gasteiger partial charge in [0.15, 0.2) is 0 Å². The van der Waals surface area contributed by atoms with Crippen LogP contribution in [0.5, 0.6) is 11.5 Å². The van der Waals surface area contributed by atoms with E-state index < -0.39 is 5.97 Å². The number of methoxy groups -OCH3 is 1. The topological polar surface area (TPSA) is 55.8 Å². The summed E-state index contributed by atoms with van der Waals surface area (Å²) in [7, 11) is 1.27. The molecule has 4 nitrogen and oxygen atoms in total. The maximum Gasteiger partial charge on any atom is 0.341 e. The van der Waals surface area contributed by atoms with Crippen molar-refractivity contribution in [3.8, 4) is 22.6 Å². The van der Waals surface area contributed by atoms with E-state index in [4.69, 9.17) is 16.3 Å². The summed E-state index contributed by atoms with van der Waals surface area (Å²) >= 11 is 6.01. The van der Waals surface area contributed by atoms with E-state index in [1.807, 2.05) is 0 Å². The lowest BCUT2D eigenvalue weighted by Gasteiger charge is -2.22. The van der Waals surface area contributed by atoms with Crippen molar-refractivity contribution in [2.24, 2.45) is 0 Å². The number of fused-ring (bicyclic) bond motifs is 3. The van der Waals surface area contributed by atoms with Gasteiger partial charge in [-0.25, -0.2) is 4.79 Å². The van der Waals surface area contributed by atoms with Crippen LogP contribution >= 0.6 is 11.6 Å². The molecule has 0 saturated carbocycles. The molecule has 0 saturated heterocycles. The Kier molecular flexibility index (Phi) is 3.03. The van der Waals surface area contributed by atoms with E-state index in [1.54, 1.807) is 24.3 Å². The summed E-state index contributed by atoms with van der Waals surface area (Å²) < 4.78 is 10.3. The lowest BCUT2D eigenvalue weighted by Crippen LogP contribution is -2.08. The predicted octanol–water partition coefficient (Wildman–Crippen LogP) is 3.39. The van der Waals surface area contributed by atoms with Gasteiger partial charge in [0.2, 0.25) is 0 Å². The van der Waals surface area contributed by atoms with Gasteiger partial charge in [0, 0.05) is 16.1 Å². The van der Waals surface area contributed by atoms with Crippen molar-refractivity contribution in [3.63, 3.8) is 0 Å². The fourth-order valence-electron chi connectivity index (χ4n) is 2.27. The van der Waals surface area contributed by atoms with Gasteiger partial charge in [-0.3, -0.25) is 0 Å². The van der Waals surface area contributed by atoms with Gasteiger partial charge < -0.3 is 14.6 Å². The summed E-state index contributed by atoms with van der Waals surface area (Å²) in [5.74, 6) is -0.00606. The smallest absolute Gasteiger partial charge is 0.341 e. The molecule has 3 rings (SSSR count).